The normalized spacial score (nSPS) is 35.8. The summed E-state index contributed by atoms with van der Waals surface area (Å²) >= 11 is 2.16. The van der Waals surface area contributed by atoms with Crippen LogP contribution in [0.2, 0.25) is 0 Å². The third-order valence-electron chi connectivity index (χ3n) is 5.21. The molecule has 0 bridgehead atoms. The summed E-state index contributed by atoms with van der Waals surface area (Å²) in [6.45, 7) is 7.86. The number of hydrogen-bond donors (Lipinski definition) is 0. The van der Waals surface area contributed by atoms with E-state index in [2.05, 4.69) is 28.5 Å². The highest BCUT2D eigenvalue weighted by Crippen LogP contribution is 2.29. The molecule has 3 rings (SSSR count). The quantitative estimate of drug-likeness (QED) is 0.777. The number of piperazine rings is 1. The van der Waals surface area contributed by atoms with E-state index in [0.29, 0.717) is 0 Å². The van der Waals surface area contributed by atoms with E-state index in [0.717, 1.165) is 18.0 Å². The largest absolute Gasteiger partial charge is 0.298 e. The van der Waals surface area contributed by atoms with Crippen molar-refractivity contribution < 1.29 is 0 Å². The van der Waals surface area contributed by atoms with Crippen molar-refractivity contribution in [3.05, 3.63) is 0 Å². The third-order valence-corrected chi connectivity index (χ3v) is 6.26. The van der Waals surface area contributed by atoms with Crippen molar-refractivity contribution in [3.8, 4) is 0 Å². The van der Waals surface area contributed by atoms with Gasteiger partial charge in [0.15, 0.2) is 0 Å². The summed E-state index contributed by atoms with van der Waals surface area (Å²) < 4.78 is 0. The molecule has 104 valence electrons. The van der Waals surface area contributed by atoms with Crippen molar-refractivity contribution in [2.45, 2.75) is 51.1 Å². The van der Waals surface area contributed by atoms with Crippen molar-refractivity contribution >= 4 is 11.8 Å². The van der Waals surface area contributed by atoms with Gasteiger partial charge in [-0.15, -0.1) is 0 Å². The first-order valence-electron chi connectivity index (χ1n) is 7.92. The lowest BCUT2D eigenvalue weighted by Crippen LogP contribution is -2.56. The minimum absolute atomic E-state index is 0.842. The molecule has 0 aromatic rings. The molecule has 0 amide bonds. The lowest BCUT2D eigenvalue weighted by Gasteiger charge is -2.45. The second kappa shape index (κ2) is 6.15. The summed E-state index contributed by atoms with van der Waals surface area (Å²) in [7, 11) is 0. The van der Waals surface area contributed by atoms with Crippen molar-refractivity contribution in [2.75, 3.05) is 37.7 Å². The molecule has 0 saturated carbocycles. The zero-order chi connectivity index (χ0) is 12.4. The Bertz CT molecular complexity index is 265. The Morgan fingerprint density at radius 3 is 2.72 bits per heavy atom. The maximum absolute atomic E-state index is 2.85. The van der Waals surface area contributed by atoms with Crippen LogP contribution in [0.4, 0.5) is 0 Å². The van der Waals surface area contributed by atoms with Crippen molar-refractivity contribution in [3.63, 3.8) is 0 Å². The summed E-state index contributed by atoms with van der Waals surface area (Å²) in [5.74, 6) is 3.81. The average molecular weight is 268 g/mol. The molecule has 3 aliphatic heterocycles. The van der Waals surface area contributed by atoms with Crippen LogP contribution in [-0.2, 0) is 0 Å². The van der Waals surface area contributed by atoms with E-state index in [9.17, 15) is 0 Å². The van der Waals surface area contributed by atoms with E-state index in [4.69, 9.17) is 0 Å². The molecule has 3 saturated heterocycles. The third kappa shape index (κ3) is 2.88. The van der Waals surface area contributed by atoms with E-state index >= 15 is 0 Å². The first-order valence-corrected chi connectivity index (χ1v) is 9.08. The fourth-order valence-electron chi connectivity index (χ4n) is 4.02. The minimum atomic E-state index is 0.842. The summed E-state index contributed by atoms with van der Waals surface area (Å²) in [5, 5.41) is 0. The molecule has 3 fully saturated rings. The molecule has 0 aromatic carbocycles. The van der Waals surface area contributed by atoms with Gasteiger partial charge in [-0.25, -0.2) is 0 Å². The molecular formula is C15H28N2S. The highest BCUT2D eigenvalue weighted by molar-refractivity contribution is 7.99. The average Bonchev–Trinajstić information content (AvgIpc) is 2.86. The predicted octanol–water partition coefficient (Wildman–Crippen LogP) is 2.69. The molecule has 2 atom stereocenters. The molecule has 18 heavy (non-hydrogen) atoms. The van der Waals surface area contributed by atoms with Gasteiger partial charge in [-0.2, -0.15) is 11.8 Å². The van der Waals surface area contributed by atoms with Crippen LogP contribution in [0.5, 0.6) is 0 Å². The maximum Gasteiger partial charge on any atom is 0.0224 e. The second-order valence-electron chi connectivity index (χ2n) is 6.36. The van der Waals surface area contributed by atoms with Gasteiger partial charge < -0.3 is 0 Å². The Kier molecular flexibility index (Phi) is 4.53. The lowest BCUT2D eigenvalue weighted by molar-refractivity contribution is 0.0373. The van der Waals surface area contributed by atoms with E-state index in [1.165, 1.54) is 69.8 Å². The minimum Gasteiger partial charge on any atom is -0.298 e. The number of hydrogen-bond acceptors (Lipinski definition) is 3. The Morgan fingerprint density at radius 1 is 1.11 bits per heavy atom. The van der Waals surface area contributed by atoms with Gasteiger partial charge in [-0.05, 0) is 56.1 Å². The first kappa shape index (κ1) is 13.3. The Balaban J connectivity index is 1.58. The van der Waals surface area contributed by atoms with E-state index in [1.807, 2.05) is 0 Å². The van der Waals surface area contributed by atoms with E-state index in [-0.39, 0.29) is 0 Å². The van der Waals surface area contributed by atoms with Gasteiger partial charge in [0, 0.05) is 31.7 Å². The van der Waals surface area contributed by atoms with Gasteiger partial charge in [-0.1, -0.05) is 6.92 Å². The van der Waals surface area contributed by atoms with Crippen LogP contribution in [0.25, 0.3) is 0 Å². The fraction of sp³-hybridized carbons (Fsp3) is 1.00. The van der Waals surface area contributed by atoms with Crippen LogP contribution >= 0.6 is 11.8 Å². The zero-order valence-electron chi connectivity index (χ0n) is 11.8. The van der Waals surface area contributed by atoms with Crippen LogP contribution in [0.1, 0.15) is 39.0 Å². The number of thioether (sulfide) groups is 1. The van der Waals surface area contributed by atoms with E-state index in [1.54, 1.807) is 0 Å². The molecule has 3 heterocycles. The van der Waals surface area contributed by atoms with Gasteiger partial charge in [0.2, 0.25) is 0 Å². The Morgan fingerprint density at radius 2 is 1.94 bits per heavy atom. The lowest BCUT2D eigenvalue weighted by atomic mass is 9.98. The Labute approximate surface area is 116 Å². The molecule has 2 nitrogen and oxygen atoms in total. The topological polar surface area (TPSA) is 6.48 Å². The number of fused-ring (bicyclic) bond motifs is 1. The molecule has 3 aliphatic rings. The summed E-state index contributed by atoms with van der Waals surface area (Å²) in [6, 6.07) is 1.74. The van der Waals surface area contributed by atoms with Gasteiger partial charge >= 0.3 is 0 Å². The van der Waals surface area contributed by atoms with Crippen LogP contribution < -0.4 is 0 Å². The monoisotopic (exact) mass is 268 g/mol. The molecule has 3 heteroatoms. The first-order chi connectivity index (χ1) is 8.86. The molecule has 0 spiro atoms. The van der Waals surface area contributed by atoms with Gasteiger partial charge in [0.05, 0.1) is 0 Å². The fourth-order valence-corrected chi connectivity index (χ4v) is 5.22. The number of rotatable bonds is 3. The standard InChI is InChI=1S/C15H28N2S/c1-2-14-11-16-7-3-4-15(16)12-17(14)10-13-5-8-18-9-6-13/h13-15H,2-12H2,1H3. The molecule has 0 N–H and O–H groups in total. The predicted molar refractivity (Wildman–Crippen MR) is 80.3 cm³/mol. The second-order valence-corrected chi connectivity index (χ2v) is 7.59. The van der Waals surface area contributed by atoms with Crippen molar-refractivity contribution in [2.24, 2.45) is 5.92 Å². The Hall–Kier alpha value is 0.270. The van der Waals surface area contributed by atoms with Crippen LogP contribution in [0.3, 0.4) is 0 Å². The smallest absolute Gasteiger partial charge is 0.0224 e. The van der Waals surface area contributed by atoms with Gasteiger partial charge in [0.1, 0.15) is 0 Å². The summed E-state index contributed by atoms with van der Waals surface area (Å²) in [6.07, 6.45) is 7.16. The van der Waals surface area contributed by atoms with Crippen LogP contribution in [0.15, 0.2) is 0 Å². The highest BCUT2D eigenvalue weighted by atomic mass is 32.2. The molecule has 0 aromatic heterocycles. The van der Waals surface area contributed by atoms with Crippen LogP contribution in [-0.4, -0.2) is 59.6 Å². The van der Waals surface area contributed by atoms with Gasteiger partial charge in [0.25, 0.3) is 0 Å². The number of nitrogens with zero attached hydrogens (tertiary/aromatic N) is 2. The SMILES string of the molecule is CCC1CN2CCCC2CN1CC1CCSCC1. The summed E-state index contributed by atoms with van der Waals surface area (Å²) in [5.41, 5.74) is 0. The molecule has 2 unspecified atom stereocenters. The van der Waals surface area contributed by atoms with Crippen molar-refractivity contribution in [1.29, 1.82) is 0 Å². The van der Waals surface area contributed by atoms with Gasteiger partial charge in [-0.3, -0.25) is 9.80 Å². The molecule has 0 radical (unpaired) electrons. The highest BCUT2D eigenvalue weighted by Gasteiger charge is 2.36. The summed E-state index contributed by atoms with van der Waals surface area (Å²) in [4.78, 5) is 5.62. The zero-order valence-corrected chi connectivity index (χ0v) is 12.6. The maximum atomic E-state index is 2.85. The van der Waals surface area contributed by atoms with E-state index < -0.39 is 0 Å². The van der Waals surface area contributed by atoms with Crippen molar-refractivity contribution in [1.82, 2.24) is 9.80 Å². The molecule has 0 aliphatic carbocycles. The molecular weight excluding hydrogens is 240 g/mol. The van der Waals surface area contributed by atoms with Crippen LogP contribution in [0, 0.1) is 5.92 Å².